The standard InChI is InChI=1S/C22H23N3O4/c1-14-7-8-16(11-15(14)2)19(26)9-10-20(27)23-13-21-24-25-22(29-21)17-5-4-6-18(12-17)28-3/h4-8,11-12H,9-10,13H2,1-3H3,(H,23,27). The van der Waals surface area contributed by atoms with E-state index in [2.05, 4.69) is 15.5 Å². The lowest BCUT2D eigenvalue weighted by molar-refractivity contribution is -0.121. The first kappa shape index (κ1) is 20.3. The molecule has 0 unspecified atom stereocenters. The zero-order chi connectivity index (χ0) is 20.8. The second-order valence-electron chi connectivity index (χ2n) is 6.73. The number of ether oxygens (including phenoxy) is 1. The van der Waals surface area contributed by atoms with Gasteiger partial charge in [-0.15, -0.1) is 10.2 Å². The van der Waals surface area contributed by atoms with E-state index in [1.807, 2.05) is 44.2 Å². The molecule has 0 aliphatic heterocycles. The highest BCUT2D eigenvalue weighted by Gasteiger charge is 2.13. The Morgan fingerprint density at radius 2 is 1.86 bits per heavy atom. The van der Waals surface area contributed by atoms with Crippen molar-refractivity contribution in [3.8, 4) is 17.2 Å². The summed E-state index contributed by atoms with van der Waals surface area (Å²) in [4.78, 5) is 24.3. The van der Waals surface area contributed by atoms with Gasteiger partial charge in [0.2, 0.25) is 17.7 Å². The summed E-state index contributed by atoms with van der Waals surface area (Å²) in [6.07, 6.45) is 0.246. The molecule has 0 saturated heterocycles. The molecule has 0 radical (unpaired) electrons. The molecule has 29 heavy (non-hydrogen) atoms. The minimum atomic E-state index is -0.247. The van der Waals surface area contributed by atoms with Gasteiger partial charge in [0.1, 0.15) is 5.75 Å². The Hall–Kier alpha value is -3.48. The number of aromatic nitrogens is 2. The highest BCUT2D eigenvalue weighted by atomic mass is 16.5. The van der Waals surface area contributed by atoms with Crippen LogP contribution in [0, 0.1) is 13.8 Å². The molecule has 7 heteroatoms. The Labute approximate surface area is 169 Å². The van der Waals surface area contributed by atoms with Crippen molar-refractivity contribution in [2.75, 3.05) is 7.11 Å². The van der Waals surface area contributed by atoms with E-state index in [9.17, 15) is 9.59 Å². The molecular formula is C22H23N3O4. The molecule has 0 spiro atoms. The van der Waals surface area contributed by atoms with Crippen molar-refractivity contribution < 1.29 is 18.7 Å². The molecule has 0 atom stereocenters. The average Bonchev–Trinajstić information content (AvgIpc) is 3.21. The number of hydrogen-bond donors (Lipinski definition) is 1. The number of ketones is 1. The van der Waals surface area contributed by atoms with Crippen molar-refractivity contribution >= 4 is 11.7 Å². The smallest absolute Gasteiger partial charge is 0.247 e. The van der Waals surface area contributed by atoms with Gasteiger partial charge in [-0.3, -0.25) is 9.59 Å². The van der Waals surface area contributed by atoms with E-state index >= 15 is 0 Å². The van der Waals surface area contributed by atoms with Crippen molar-refractivity contribution in [3.63, 3.8) is 0 Å². The van der Waals surface area contributed by atoms with Crippen LogP contribution in [0.15, 0.2) is 46.9 Å². The van der Waals surface area contributed by atoms with Gasteiger partial charge in [0.05, 0.1) is 13.7 Å². The molecule has 1 heterocycles. The van der Waals surface area contributed by atoms with E-state index in [-0.39, 0.29) is 37.0 Å². The molecule has 2 aromatic carbocycles. The third-order valence-corrected chi connectivity index (χ3v) is 4.63. The molecule has 3 rings (SSSR count). The van der Waals surface area contributed by atoms with Crippen LogP contribution in [0.4, 0.5) is 0 Å². The second-order valence-corrected chi connectivity index (χ2v) is 6.73. The molecule has 150 valence electrons. The van der Waals surface area contributed by atoms with Crippen molar-refractivity contribution in [3.05, 3.63) is 65.0 Å². The van der Waals surface area contributed by atoms with E-state index in [1.54, 1.807) is 19.2 Å². The maximum Gasteiger partial charge on any atom is 0.247 e. The third kappa shape index (κ3) is 5.28. The number of carbonyl (C=O) groups excluding carboxylic acids is 2. The first-order valence-electron chi connectivity index (χ1n) is 9.30. The number of hydrogen-bond acceptors (Lipinski definition) is 6. The van der Waals surface area contributed by atoms with E-state index in [1.165, 1.54) is 0 Å². The average molecular weight is 393 g/mol. The summed E-state index contributed by atoms with van der Waals surface area (Å²) in [5.74, 6) is 1.02. The number of Topliss-reactive ketones (excluding diaryl/α,β-unsaturated/α-hetero) is 1. The summed E-state index contributed by atoms with van der Waals surface area (Å²) >= 11 is 0. The molecule has 0 saturated carbocycles. The van der Waals surface area contributed by atoms with Gasteiger partial charge in [0, 0.05) is 24.0 Å². The number of nitrogens with zero attached hydrogens (tertiary/aromatic N) is 2. The zero-order valence-corrected chi connectivity index (χ0v) is 16.7. The van der Waals surface area contributed by atoms with Gasteiger partial charge in [0.15, 0.2) is 5.78 Å². The fourth-order valence-corrected chi connectivity index (χ4v) is 2.75. The molecule has 0 bridgehead atoms. The monoisotopic (exact) mass is 393 g/mol. The van der Waals surface area contributed by atoms with Crippen LogP contribution in [-0.2, 0) is 11.3 Å². The van der Waals surface area contributed by atoms with Crippen LogP contribution in [0.25, 0.3) is 11.5 Å². The summed E-state index contributed by atoms with van der Waals surface area (Å²) in [5.41, 5.74) is 3.55. The molecule has 1 N–H and O–H groups in total. The lowest BCUT2D eigenvalue weighted by Gasteiger charge is -2.05. The summed E-state index contributed by atoms with van der Waals surface area (Å²) in [6.45, 7) is 4.06. The third-order valence-electron chi connectivity index (χ3n) is 4.63. The normalized spacial score (nSPS) is 10.6. The minimum Gasteiger partial charge on any atom is -0.497 e. The first-order valence-corrected chi connectivity index (χ1v) is 9.30. The van der Waals surface area contributed by atoms with E-state index in [0.29, 0.717) is 17.2 Å². The lowest BCUT2D eigenvalue weighted by atomic mass is 10.0. The number of amides is 1. The number of benzene rings is 2. The van der Waals surface area contributed by atoms with Crippen molar-refractivity contribution in [2.45, 2.75) is 33.2 Å². The van der Waals surface area contributed by atoms with Crippen LogP contribution in [-0.4, -0.2) is 29.0 Å². The Bertz CT molecular complexity index is 1030. The fourth-order valence-electron chi connectivity index (χ4n) is 2.75. The Kier molecular flexibility index (Phi) is 6.39. The van der Waals surface area contributed by atoms with Crippen LogP contribution >= 0.6 is 0 Å². The highest BCUT2D eigenvalue weighted by Crippen LogP contribution is 2.22. The Morgan fingerprint density at radius 3 is 2.62 bits per heavy atom. The van der Waals surface area contributed by atoms with Crippen LogP contribution in [0.5, 0.6) is 5.75 Å². The van der Waals surface area contributed by atoms with Crippen LogP contribution in [0.3, 0.4) is 0 Å². The van der Waals surface area contributed by atoms with E-state index in [4.69, 9.17) is 9.15 Å². The first-order chi connectivity index (χ1) is 14.0. The van der Waals surface area contributed by atoms with Gasteiger partial charge in [0.25, 0.3) is 0 Å². The topological polar surface area (TPSA) is 94.3 Å². The number of carbonyl (C=O) groups is 2. The van der Waals surface area contributed by atoms with Crippen molar-refractivity contribution in [2.24, 2.45) is 0 Å². The van der Waals surface area contributed by atoms with Crippen LogP contribution in [0.1, 0.15) is 40.2 Å². The largest absolute Gasteiger partial charge is 0.497 e. The highest BCUT2D eigenvalue weighted by molar-refractivity contribution is 5.98. The van der Waals surface area contributed by atoms with Crippen molar-refractivity contribution in [1.82, 2.24) is 15.5 Å². The second kappa shape index (κ2) is 9.14. The van der Waals surface area contributed by atoms with Gasteiger partial charge < -0.3 is 14.5 Å². The van der Waals surface area contributed by atoms with Gasteiger partial charge in [-0.2, -0.15) is 0 Å². The minimum absolute atomic E-state index is 0.0543. The molecule has 1 amide bonds. The summed E-state index contributed by atoms with van der Waals surface area (Å²) in [6, 6.07) is 12.8. The summed E-state index contributed by atoms with van der Waals surface area (Å²) < 4.78 is 10.8. The van der Waals surface area contributed by atoms with E-state index < -0.39 is 0 Å². The van der Waals surface area contributed by atoms with Crippen molar-refractivity contribution in [1.29, 1.82) is 0 Å². The van der Waals surface area contributed by atoms with Gasteiger partial charge in [-0.25, -0.2) is 0 Å². The summed E-state index contributed by atoms with van der Waals surface area (Å²) in [7, 11) is 1.58. The molecule has 0 fully saturated rings. The number of methoxy groups -OCH3 is 1. The maximum absolute atomic E-state index is 12.3. The predicted molar refractivity (Wildman–Crippen MR) is 108 cm³/mol. The Balaban J connectivity index is 1.50. The molecule has 1 aromatic heterocycles. The SMILES string of the molecule is COc1cccc(-c2nnc(CNC(=O)CCC(=O)c3ccc(C)c(C)c3)o2)c1. The number of nitrogens with one attached hydrogen (secondary N) is 1. The zero-order valence-electron chi connectivity index (χ0n) is 16.7. The summed E-state index contributed by atoms with van der Waals surface area (Å²) in [5, 5.41) is 10.6. The van der Waals surface area contributed by atoms with Gasteiger partial charge in [-0.05, 0) is 49.2 Å². The molecule has 7 nitrogen and oxygen atoms in total. The lowest BCUT2D eigenvalue weighted by Crippen LogP contribution is -2.23. The number of rotatable bonds is 8. The Morgan fingerprint density at radius 1 is 1.03 bits per heavy atom. The number of aryl methyl sites for hydroxylation is 2. The molecule has 0 aliphatic rings. The quantitative estimate of drug-likeness (QED) is 0.587. The maximum atomic E-state index is 12.3. The van der Waals surface area contributed by atoms with E-state index in [0.717, 1.165) is 16.7 Å². The van der Waals surface area contributed by atoms with Crippen LogP contribution < -0.4 is 10.1 Å². The molecule has 0 aliphatic carbocycles. The predicted octanol–water partition coefficient (Wildman–Crippen LogP) is 3.64. The fraction of sp³-hybridized carbons (Fsp3) is 0.273. The molecular weight excluding hydrogens is 370 g/mol. The van der Waals surface area contributed by atoms with Gasteiger partial charge in [-0.1, -0.05) is 18.2 Å². The van der Waals surface area contributed by atoms with Crippen LogP contribution in [0.2, 0.25) is 0 Å². The molecule has 3 aromatic rings. The van der Waals surface area contributed by atoms with Gasteiger partial charge >= 0.3 is 0 Å².